The van der Waals surface area contributed by atoms with Crippen molar-refractivity contribution in [2.75, 3.05) is 6.61 Å². The van der Waals surface area contributed by atoms with Crippen LogP contribution < -0.4 is 0 Å². The molecule has 0 aliphatic carbocycles. The van der Waals surface area contributed by atoms with Gasteiger partial charge in [0.25, 0.3) is 0 Å². The first-order chi connectivity index (χ1) is 9.11. The minimum atomic E-state index is -1.12. The van der Waals surface area contributed by atoms with Gasteiger partial charge in [0.2, 0.25) is 0 Å². The Morgan fingerprint density at radius 3 is 2.84 bits per heavy atom. The van der Waals surface area contributed by atoms with E-state index in [1.807, 2.05) is 6.92 Å². The van der Waals surface area contributed by atoms with Crippen LogP contribution in [-0.2, 0) is 4.74 Å². The standard InChI is InChI=1S/C12H15N3O4/c1-6-4-13-7-2-3-15(11(7)14-6)12-10(18)9(17)8(5-16)19-12/h2-4,8-10,12,16-18H,5H2,1H3/t8-,9-,10-,12?/m1/s1. The van der Waals surface area contributed by atoms with Crippen LogP contribution in [0, 0.1) is 6.92 Å². The molecule has 1 aliphatic heterocycles. The zero-order chi connectivity index (χ0) is 13.6. The lowest BCUT2D eigenvalue weighted by molar-refractivity contribution is -0.0508. The molecule has 7 nitrogen and oxygen atoms in total. The first kappa shape index (κ1) is 12.5. The van der Waals surface area contributed by atoms with E-state index in [-0.39, 0.29) is 6.61 Å². The van der Waals surface area contributed by atoms with Crippen molar-refractivity contribution in [1.29, 1.82) is 0 Å². The molecule has 0 aromatic carbocycles. The smallest absolute Gasteiger partial charge is 0.164 e. The summed E-state index contributed by atoms with van der Waals surface area (Å²) in [6.45, 7) is 1.47. The van der Waals surface area contributed by atoms with Crippen molar-refractivity contribution in [3.05, 3.63) is 24.2 Å². The van der Waals surface area contributed by atoms with Crippen molar-refractivity contribution >= 4 is 11.2 Å². The molecule has 3 rings (SSSR count). The number of hydrogen-bond acceptors (Lipinski definition) is 6. The molecule has 19 heavy (non-hydrogen) atoms. The Morgan fingerprint density at radius 2 is 2.16 bits per heavy atom. The SMILES string of the molecule is Cc1cnc2ccn(C3O[C@H](CO)[C@@H](O)[C@H]3O)c2n1. The van der Waals surface area contributed by atoms with Gasteiger partial charge in [0.05, 0.1) is 12.3 Å². The summed E-state index contributed by atoms with van der Waals surface area (Å²) in [6, 6.07) is 1.76. The Kier molecular flexibility index (Phi) is 2.98. The molecule has 3 heterocycles. The van der Waals surface area contributed by atoms with Crippen LogP contribution >= 0.6 is 0 Å². The van der Waals surface area contributed by atoms with Crippen molar-refractivity contribution in [3.8, 4) is 0 Å². The largest absolute Gasteiger partial charge is 0.394 e. The molecule has 7 heteroatoms. The minimum Gasteiger partial charge on any atom is -0.394 e. The molecule has 1 fully saturated rings. The molecule has 2 aromatic rings. The van der Waals surface area contributed by atoms with Crippen LogP contribution in [0.15, 0.2) is 18.5 Å². The highest BCUT2D eigenvalue weighted by molar-refractivity contribution is 5.71. The predicted molar refractivity (Wildman–Crippen MR) is 65.3 cm³/mol. The summed E-state index contributed by atoms with van der Waals surface area (Å²) in [5, 5.41) is 28.9. The van der Waals surface area contributed by atoms with Crippen LogP contribution in [0.5, 0.6) is 0 Å². The Bertz CT molecular complexity index is 600. The van der Waals surface area contributed by atoms with Gasteiger partial charge in [0.15, 0.2) is 11.9 Å². The van der Waals surface area contributed by atoms with Crippen molar-refractivity contribution in [3.63, 3.8) is 0 Å². The van der Waals surface area contributed by atoms with Crippen LogP contribution in [0.1, 0.15) is 11.9 Å². The molecule has 3 N–H and O–H groups in total. The van der Waals surface area contributed by atoms with Crippen molar-refractivity contribution in [2.45, 2.75) is 31.5 Å². The van der Waals surface area contributed by atoms with E-state index in [2.05, 4.69) is 9.97 Å². The van der Waals surface area contributed by atoms with Gasteiger partial charge in [-0.1, -0.05) is 0 Å². The Hall–Kier alpha value is -1.54. The van der Waals surface area contributed by atoms with Gasteiger partial charge in [-0.15, -0.1) is 0 Å². The van der Waals surface area contributed by atoms with E-state index < -0.39 is 24.5 Å². The van der Waals surface area contributed by atoms with E-state index in [0.29, 0.717) is 11.2 Å². The van der Waals surface area contributed by atoms with Gasteiger partial charge >= 0.3 is 0 Å². The average molecular weight is 265 g/mol. The Labute approximate surface area is 109 Å². The van der Waals surface area contributed by atoms with E-state index in [0.717, 1.165) is 5.69 Å². The molecule has 0 amide bonds. The predicted octanol–water partition coefficient (Wildman–Crippen LogP) is -0.649. The third kappa shape index (κ3) is 1.91. The maximum absolute atomic E-state index is 10.0. The van der Waals surface area contributed by atoms with Crippen molar-refractivity contribution in [1.82, 2.24) is 14.5 Å². The molecule has 102 valence electrons. The van der Waals surface area contributed by atoms with Crippen molar-refractivity contribution < 1.29 is 20.1 Å². The number of aliphatic hydroxyl groups excluding tert-OH is 3. The van der Waals surface area contributed by atoms with Crippen LogP contribution in [0.3, 0.4) is 0 Å². The van der Waals surface area contributed by atoms with Gasteiger partial charge in [-0.05, 0) is 13.0 Å². The maximum Gasteiger partial charge on any atom is 0.164 e. The fraction of sp³-hybridized carbons (Fsp3) is 0.500. The molecular formula is C12H15N3O4. The monoisotopic (exact) mass is 265 g/mol. The Morgan fingerprint density at radius 1 is 1.37 bits per heavy atom. The lowest BCUT2D eigenvalue weighted by Crippen LogP contribution is -2.33. The van der Waals surface area contributed by atoms with Gasteiger partial charge in [-0.3, -0.25) is 4.98 Å². The quantitative estimate of drug-likeness (QED) is 0.667. The molecular weight excluding hydrogens is 250 g/mol. The van der Waals surface area contributed by atoms with Crippen LogP contribution in [-0.4, -0.2) is 54.8 Å². The van der Waals surface area contributed by atoms with Crippen LogP contribution in [0.2, 0.25) is 0 Å². The van der Waals surface area contributed by atoms with Crippen LogP contribution in [0.25, 0.3) is 11.2 Å². The van der Waals surface area contributed by atoms with Crippen LogP contribution in [0.4, 0.5) is 0 Å². The third-order valence-corrected chi connectivity index (χ3v) is 3.33. The van der Waals surface area contributed by atoms with Gasteiger partial charge in [0, 0.05) is 12.4 Å². The highest BCUT2D eigenvalue weighted by Gasteiger charge is 2.43. The van der Waals surface area contributed by atoms with E-state index >= 15 is 0 Å². The first-order valence-corrected chi connectivity index (χ1v) is 6.04. The van der Waals surface area contributed by atoms with Gasteiger partial charge in [-0.2, -0.15) is 0 Å². The van der Waals surface area contributed by atoms with Gasteiger partial charge < -0.3 is 24.6 Å². The lowest BCUT2D eigenvalue weighted by Gasteiger charge is -2.17. The number of hydrogen-bond donors (Lipinski definition) is 3. The topological polar surface area (TPSA) is 101 Å². The molecule has 0 spiro atoms. The fourth-order valence-electron chi connectivity index (χ4n) is 2.32. The minimum absolute atomic E-state index is 0.349. The van der Waals surface area contributed by atoms with Gasteiger partial charge in [-0.25, -0.2) is 4.98 Å². The maximum atomic E-state index is 10.0. The summed E-state index contributed by atoms with van der Waals surface area (Å²) in [7, 11) is 0. The fourth-order valence-corrected chi connectivity index (χ4v) is 2.32. The summed E-state index contributed by atoms with van der Waals surface area (Å²) < 4.78 is 7.10. The van der Waals surface area contributed by atoms with Crippen molar-refractivity contribution in [2.24, 2.45) is 0 Å². The number of nitrogens with zero attached hydrogens (tertiary/aromatic N) is 3. The van der Waals surface area contributed by atoms with Gasteiger partial charge in [0.1, 0.15) is 23.8 Å². The number of aryl methyl sites for hydroxylation is 1. The average Bonchev–Trinajstić information content (AvgIpc) is 2.92. The molecule has 2 aromatic heterocycles. The third-order valence-electron chi connectivity index (χ3n) is 3.33. The van der Waals surface area contributed by atoms with E-state index in [4.69, 9.17) is 9.84 Å². The Balaban J connectivity index is 2.03. The lowest BCUT2D eigenvalue weighted by atomic mass is 10.1. The highest BCUT2D eigenvalue weighted by atomic mass is 16.6. The second-order valence-corrected chi connectivity index (χ2v) is 4.67. The summed E-state index contributed by atoms with van der Waals surface area (Å²) in [5.74, 6) is 0. The normalized spacial score (nSPS) is 31.2. The van der Waals surface area contributed by atoms with E-state index in [9.17, 15) is 10.2 Å². The number of rotatable bonds is 2. The number of aliphatic hydroxyl groups is 3. The number of fused-ring (bicyclic) bond motifs is 1. The molecule has 1 aliphatic rings. The summed E-state index contributed by atoms with van der Waals surface area (Å²) in [6.07, 6.45) is -0.453. The number of aromatic nitrogens is 3. The zero-order valence-corrected chi connectivity index (χ0v) is 10.3. The summed E-state index contributed by atoms with van der Waals surface area (Å²) in [5.41, 5.74) is 2.01. The molecule has 0 radical (unpaired) electrons. The molecule has 0 saturated carbocycles. The summed E-state index contributed by atoms with van der Waals surface area (Å²) in [4.78, 5) is 8.58. The molecule has 1 unspecified atom stereocenters. The second kappa shape index (κ2) is 4.53. The molecule has 4 atom stereocenters. The number of ether oxygens (including phenoxy) is 1. The summed E-state index contributed by atoms with van der Waals surface area (Å²) >= 11 is 0. The van der Waals surface area contributed by atoms with E-state index in [1.54, 1.807) is 23.0 Å². The van der Waals surface area contributed by atoms with E-state index in [1.165, 1.54) is 0 Å². The highest BCUT2D eigenvalue weighted by Crippen LogP contribution is 2.31. The zero-order valence-electron chi connectivity index (χ0n) is 10.3. The first-order valence-electron chi connectivity index (χ1n) is 6.04. The molecule has 0 bridgehead atoms. The molecule has 1 saturated heterocycles. The second-order valence-electron chi connectivity index (χ2n) is 4.67.